The van der Waals surface area contributed by atoms with Gasteiger partial charge in [0.25, 0.3) is 0 Å². The SMILES string of the molecule is O=[n+]1c2cccc3c2c2c(cccc2n([O-])[n+]3=O)n1[O-]. The summed E-state index contributed by atoms with van der Waals surface area (Å²) in [5.41, 5.74) is 0.190. The fourth-order valence-electron chi connectivity index (χ4n) is 2.60. The minimum atomic E-state index is 0.0476. The highest BCUT2D eigenvalue weighted by atomic mass is 16.5. The molecule has 2 heterocycles. The third-order valence-electron chi connectivity index (χ3n) is 3.45. The molecule has 0 radical (unpaired) electrons. The Hall–Kier alpha value is -3.16. The lowest BCUT2D eigenvalue weighted by Gasteiger charge is -2.11. The molecule has 0 amide bonds. The first-order valence-corrected chi connectivity index (χ1v) is 5.76. The van der Waals surface area contributed by atoms with Crippen LogP contribution in [-0.4, -0.2) is 9.69 Å². The molecule has 0 bridgehead atoms. The van der Waals surface area contributed by atoms with Crippen LogP contribution in [0.2, 0.25) is 0 Å². The van der Waals surface area contributed by atoms with E-state index in [0.29, 0.717) is 10.8 Å². The zero-order chi connectivity index (χ0) is 14.0. The van der Waals surface area contributed by atoms with E-state index in [-0.39, 0.29) is 40.8 Å². The molecule has 0 spiro atoms. The van der Waals surface area contributed by atoms with Gasteiger partial charge in [0.15, 0.2) is 9.08 Å². The van der Waals surface area contributed by atoms with Crippen molar-refractivity contribution < 1.29 is 9.08 Å². The number of nitrogens with zero attached hydrogens (tertiary/aromatic N) is 4. The van der Waals surface area contributed by atoms with Crippen LogP contribution in [0.5, 0.6) is 0 Å². The fraction of sp³-hybridized carbons (Fsp3) is 0. The summed E-state index contributed by atoms with van der Waals surface area (Å²) in [6.45, 7) is 0. The molecule has 2 aromatic carbocycles. The molecule has 20 heavy (non-hydrogen) atoms. The topological polar surface area (TPSA) is 102 Å². The van der Waals surface area contributed by atoms with Crippen LogP contribution in [0.25, 0.3) is 32.8 Å². The Balaban J connectivity index is 2.62. The van der Waals surface area contributed by atoms with Crippen molar-refractivity contribution in [2.24, 2.45) is 0 Å². The van der Waals surface area contributed by atoms with Crippen molar-refractivity contribution in [1.82, 2.24) is 9.69 Å². The minimum absolute atomic E-state index is 0.0476. The second-order valence-corrected chi connectivity index (χ2v) is 4.43. The van der Waals surface area contributed by atoms with Gasteiger partial charge in [0.05, 0.1) is 15.2 Å². The second-order valence-electron chi connectivity index (χ2n) is 4.43. The quantitative estimate of drug-likeness (QED) is 0.346. The maximum atomic E-state index is 12.0. The lowest BCUT2D eigenvalue weighted by molar-refractivity contribution is -0.560. The Bertz CT molecular complexity index is 1030. The highest BCUT2D eigenvalue weighted by Crippen LogP contribution is 2.28. The molecule has 0 aliphatic carbocycles. The largest absolute Gasteiger partial charge is 0.755 e. The zero-order valence-electron chi connectivity index (χ0n) is 9.89. The Morgan fingerprint density at radius 2 is 1.20 bits per heavy atom. The van der Waals surface area contributed by atoms with Crippen LogP contribution in [0, 0.1) is 20.2 Å². The lowest BCUT2D eigenvalue weighted by Crippen LogP contribution is -2.33. The Kier molecular flexibility index (Phi) is 1.74. The highest BCUT2D eigenvalue weighted by Gasteiger charge is 2.25. The van der Waals surface area contributed by atoms with Crippen LogP contribution in [-0.2, 0) is 0 Å². The van der Waals surface area contributed by atoms with Gasteiger partial charge in [-0.05, 0) is 18.2 Å². The van der Waals surface area contributed by atoms with E-state index >= 15 is 0 Å². The maximum absolute atomic E-state index is 12.0. The molecule has 8 heteroatoms. The molecule has 0 aliphatic heterocycles. The molecule has 2 aromatic heterocycles. The molecular formula is C12H6N4O4. The van der Waals surface area contributed by atoms with Crippen molar-refractivity contribution in [2.45, 2.75) is 0 Å². The molecule has 0 fully saturated rings. The molecule has 98 valence electrons. The molecule has 8 nitrogen and oxygen atoms in total. The normalized spacial score (nSPS) is 11.8. The smallest absolute Gasteiger partial charge is 0.307 e. The second kappa shape index (κ2) is 3.23. The summed E-state index contributed by atoms with van der Waals surface area (Å²) < 4.78 is 0.332. The molecule has 0 saturated heterocycles. The Morgan fingerprint density at radius 3 is 1.70 bits per heavy atom. The number of benzene rings is 2. The first-order chi connectivity index (χ1) is 9.61. The number of aromatic nitrogens is 4. The fourth-order valence-corrected chi connectivity index (χ4v) is 2.60. The maximum Gasteiger partial charge on any atom is 0.307 e. The van der Waals surface area contributed by atoms with Crippen LogP contribution < -0.4 is 9.08 Å². The van der Waals surface area contributed by atoms with Crippen LogP contribution in [0.3, 0.4) is 0 Å². The zero-order valence-corrected chi connectivity index (χ0v) is 9.89. The molecule has 0 N–H and O–H groups in total. The van der Waals surface area contributed by atoms with E-state index in [1.165, 1.54) is 36.4 Å². The van der Waals surface area contributed by atoms with Crippen molar-refractivity contribution in [2.75, 3.05) is 0 Å². The van der Waals surface area contributed by atoms with Crippen molar-refractivity contribution in [3.8, 4) is 0 Å². The number of hydrogen-bond donors (Lipinski definition) is 0. The molecule has 0 saturated carbocycles. The van der Waals surface area contributed by atoms with Crippen LogP contribution in [0.1, 0.15) is 0 Å². The number of hydrogen-bond acceptors (Lipinski definition) is 4. The summed E-state index contributed by atoms with van der Waals surface area (Å²) in [6, 6.07) is 8.64. The predicted octanol–water partition coefficient (Wildman–Crippen LogP) is 0.708. The Morgan fingerprint density at radius 1 is 0.750 bits per heavy atom. The van der Waals surface area contributed by atoms with Gasteiger partial charge >= 0.3 is 11.0 Å². The van der Waals surface area contributed by atoms with E-state index in [1.807, 2.05) is 0 Å². The number of rotatable bonds is 0. The predicted molar refractivity (Wildman–Crippen MR) is 70.4 cm³/mol. The van der Waals surface area contributed by atoms with Gasteiger partial charge in [-0.1, -0.05) is 6.07 Å². The van der Waals surface area contributed by atoms with Gasteiger partial charge in [0, 0.05) is 12.1 Å². The lowest BCUT2D eigenvalue weighted by atomic mass is 10.1. The summed E-state index contributed by atoms with van der Waals surface area (Å²) in [4.78, 5) is 24.3. The molecule has 4 aromatic rings. The van der Waals surface area contributed by atoms with Gasteiger partial charge in [-0.2, -0.15) is 0 Å². The van der Waals surface area contributed by atoms with Gasteiger partial charge in [-0.25, -0.2) is 0 Å². The molecule has 4 rings (SSSR count). The van der Waals surface area contributed by atoms with Crippen molar-refractivity contribution in [1.29, 1.82) is 0 Å². The van der Waals surface area contributed by atoms with E-state index in [1.54, 1.807) is 0 Å². The average molecular weight is 270 g/mol. The summed E-state index contributed by atoms with van der Waals surface area (Å²) in [5, 5.41) is 24.6. The van der Waals surface area contributed by atoms with Crippen LogP contribution >= 0.6 is 0 Å². The monoisotopic (exact) mass is 270 g/mol. The van der Waals surface area contributed by atoms with Gasteiger partial charge < -0.3 is 10.4 Å². The van der Waals surface area contributed by atoms with E-state index in [4.69, 9.17) is 0 Å². The first-order valence-electron chi connectivity index (χ1n) is 5.76. The van der Waals surface area contributed by atoms with Crippen molar-refractivity contribution in [3.63, 3.8) is 0 Å². The molecule has 0 atom stereocenters. The van der Waals surface area contributed by atoms with Gasteiger partial charge in [0.2, 0.25) is 0 Å². The van der Waals surface area contributed by atoms with E-state index < -0.39 is 0 Å². The summed E-state index contributed by atoms with van der Waals surface area (Å²) in [6.07, 6.45) is 0. The molecular weight excluding hydrogens is 264 g/mol. The van der Waals surface area contributed by atoms with E-state index in [2.05, 4.69) is 0 Å². The standard InChI is InChI=1S/C12H6N4O4/c17-13-7-3-1-4-8-11(7)12-9(15(13)19)5-2-6-10(12)16(20)14(8)18/h1-6H. The third kappa shape index (κ3) is 1.02. The van der Waals surface area contributed by atoms with Crippen molar-refractivity contribution >= 4 is 32.8 Å². The van der Waals surface area contributed by atoms with Gasteiger partial charge in [0.1, 0.15) is 16.4 Å². The van der Waals surface area contributed by atoms with Gasteiger partial charge in [-0.15, -0.1) is 9.69 Å². The third-order valence-corrected chi connectivity index (χ3v) is 3.45. The van der Waals surface area contributed by atoms with Crippen LogP contribution in [0.4, 0.5) is 0 Å². The van der Waals surface area contributed by atoms with E-state index in [0.717, 1.165) is 0 Å². The molecule has 0 aliphatic rings. The first kappa shape index (κ1) is 10.7. The minimum Gasteiger partial charge on any atom is -0.755 e. The highest BCUT2D eigenvalue weighted by molar-refractivity contribution is 6.16. The summed E-state index contributed by atoms with van der Waals surface area (Å²) in [7, 11) is 0. The summed E-state index contributed by atoms with van der Waals surface area (Å²) in [5.74, 6) is 0. The average Bonchev–Trinajstić information content (AvgIpc) is 2.48. The molecule has 0 unspecified atom stereocenters. The summed E-state index contributed by atoms with van der Waals surface area (Å²) >= 11 is 0. The van der Waals surface area contributed by atoms with E-state index in [9.17, 15) is 20.2 Å². The Labute approximate surface area is 109 Å². The van der Waals surface area contributed by atoms with Gasteiger partial charge in [-0.3, -0.25) is 0 Å². The van der Waals surface area contributed by atoms with Crippen LogP contribution in [0.15, 0.2) is 36.4 Å². The van der Waals surface area contributed by atoms with Crippen molar-refractivity contribution in [3.05, 3.63) is 56.6 Å².